The molecule has 0 aromatic carbocycles. The van der Waals surface area contributed by atoms with Gasteiger partial charge < -0.3 is 34.3 Å². The number of likely N-dealkylation sites (N-methyl/N-ethyl adjacent to an activating group) is 3. The zero-order valence-electron chi connectivity index (χ0n) is 74.4. The maximum absolute atomic E-state index is 11.7. The molecule has 10 fully saturated rings. The van der Waals surface area contributed by atoms with Gasteiger partial charge in [0, 0.05) is 155 Å². The van der Waals surface area contributed by atoms with Crippen LogP contribution in [0.15, 0.2) is 0 Å². The number of hydrogen-bond acceptors (Lipinski definition) is 17. The summed E-state index contributed by atoms with van der Waals surface area (Å²) in [5.74, 6) is 7.25. The van der Waals surface area contributed by atoms with E-state index in [-0.39, 0.29) is 77.3 Å². The number of piperidine rings is 4. The predicted molar refractivity (Wildman–Crippen MR) is 445 cm³/mol. The molecule has 10 rings (SSSR count). The maximum atomic E-state index is 11.7. The zero-order chi connectivity index (χ0) is 82.4. The van der Waals surface area contributed by atoms with Crippen molar-refractivity contribution in [2.24, 2.45) is 82.9 Å². The Morgan fingerprint density at radius 2 is 0.472 bits per heavy atom. The lowest BCUT2D eigenvalue weighted by molar-refractivity contribution is -0.138. The number of Topliss-reactive ketones (excluding diaryl/α,β-unsaturated/α-hetero) is 7. The van der Waals surface area contributed by atoms with Crippen LogP contribution in [-0.2, 0) is 47.9 Å². The Kier molecular flexibility index (Phi) is 50.7. The van der Waals surface area contributed by atoms with Gasteiger partial charge in [0.15, 0.2) is 17.3 Å². The Bertz CT molecular complexity index is 2570. The van der Waals surface area contributed by atoms with E-state index in [1.807, 2.05) is 174 Å². The first-order valence-corrected chi connectivity index (χ1v) is 42.9. The van der Waals surface area contributed by atoms with Crippen LogP contribution in [0.1, 0.15) is 248 Å². The Morgan fingerprint density at radius 3 is 0.750 bits per heavy atom. The molecule has 0 aromatic rings. The minimum Gasteiger partial charge on any atom is -0.342 e. The minimum atomic E-state index is 0.174. The van der Waals surface area contributed by atoms with Crippen molar-refractivity contribution in [2.45, 2.75) is 266 Å². The topological polar surface area (TPSA) is 203 Å². The number of likely N-dealkylation sites (tertiary alicyclic amines) is 10. The fourth-order valence-electron chi connectivity index (χ4n) is 15.0. The first-order chi connectivity index (χ1) is 50.5. The van der Waals surface area contributed by atoms with Crippen LogP contribution >= 0.6 is 0 Å². The van der Waals surface area contributed by atoms with Gasteiger partial charge in [0.1, 0.15) is 23.1 Å². The third kappa shape index (κ3) is 38.6. The summed E-state index contributed by atoms with van der Waals surface area (Å²) >= 11 is 0. The van der Waals surface area contributed by atoms with Crippen molar-refractivity contribution in [3.63, 3.8) is 0 Å². The van der Waals surface area contributed by atoms with Crippen molar-refractivity contribution in [1.29, 1.82) is 0 Å². The molecule has 0 N–H and O–H groups in total. The molecule has 0 aromatic heterocycles. The molecule has 0 aliphatic carbocycles. The summed E-state index contributed by atoms with van der Waals surface area (Å²) < 4.78 is 0. The van der Waals surface area contributed by atoms with E-state index in [1.165, 1.54) is 64.2 Å². The van der Waals surface area contributed by atoms with Crippen LogP contribution in [-0.4, -0.2) is 286 Å². The van der Waals surface area contributed by atoms with E-state index in [0.29, 0.717) is 81.9 Å². The van der Waals surface area contributed by atoms with E-state index in [1.54, 1.807) is 0 Å². The van der Waals surface area contributed by atoms with E-state index in [4.69, 9.17) is 0 Å². The van der Waals surface area contributed by atoms with Gasteiger partial charge in [0.05, 0.1) is 18.1 Å². The molecule has 20 heteroatoms. The highest BCUT2D eigenvalue weighted by atomic mass is 16.2. The average molecular weight is 1520 g/mol. The molecular formula is C88H166N10O10. The van der Waals surface area contributed by atoms with Gasteiger partial charge in [-0.3, -0.25) is 62.6 Å². The van der Waals surface area contributed by atoms with E-state index in [9.17, 15) is 47.9 Å². The quantitative estimate of drug-likeness (QED) is 0.133. The Morgan fingerprint density at radius 1 is 0.204 bits per heavy atom. The second kappa shape index (κ2) is 53.8. The zero-order valence-corrected chi connectivity index (χ0v) is 74.4. The van der Waals surface area contributed by atoms with E-state index in [0.717, 1.165) is 156 Å². The molecule has 628 valence electrons. The lowest BCUT2D eigenvalue weighted by atomic mass is 9.87. The van der Waals surface area contributed by atoms with E-state index < -0.39 is 0 Å². The highest BCUT2D eigenvalue weighted by Gasteiger charge is 2.35. The molecule has 108 heavy (non-hydrogen) atoms. The second-order valence-corrected chi connectivity index (χ2v) is 36.2. The molecule has 10 saturated heterocycles. The number of ketones is 7. The van der Waals surface area contributed by atoms with Crippen LogP contribution in [0.2, 0.25) is 0 Å². The molecule has 0 radical (unpaired) electrons. The summed E-state index contributed by atoms with van der Waals surface area (Å²) in [6.45, 7) is 57.0. The average Bonchev–Trinajstić information content (AvgIpc) is 0.907. The number of carbonyl (C=O) groups is 10. The first kappa shape index (κ1) is 102. The standard InChI is InChI=1S/3C10H19NO.3C9H17NO.3C8H15NO.C7H13NO/c1-8(2)10(12)9-4-6-11(3)7-5-9;1-8(2)10(12)9-5-4-6-11(3)7-9;1-8(2)10(12)9-6-4-5-7-11(9)3;1-7(2)9(11)8-4-5-10(3)6-8;1-7(2)9(11)8-5-4-6-10(8)3;1-8(2)9(11)10-6-4-3-5-7-10;1-6(2)8(10)7-4-9(3)5-7;1-6(2)8(10)7-4-5-9(7)3;1-7(2)8(10)9-5-3-4-6-9;1-6(2)7(9)8-4-3-5-8/h3*8-9H,4-7H2,1-3H3;2*7-8H,4-6H2,1-3H3;8H,3-7H2,1-2H3;2*6-7H,4-5H2,1-3H3;7H,3-6H2,1-2H3;6H,3-5H2,1-2H3. The molecule has 10 aliphatic rings. The number of amides is 3. The molecule has 0 bridgehead atoms. The van der Waals surface area contributed by atoms with Crippen molar-refractivity contribution >= 4 is 58.2 Å². The summed E-state index contributed by atoms with van der Waals surface area (Å²) in [4.78, 5) is 135. The molecule has 0 saturated carbocycles. The van der Waals surface area contributed by atoms with Crippen LogP contribution in [0.3, 0.4) is 0 Å². The molecular weight excluding hydrogens is 1360 g/mol. The van der Waals surface area contributed by atoms with Gasteiger partial charge in [-0.1, -0.05) is 145 Å². The predicted octanol–water partition coefficient (Wildman–Crippen LogP) is 12.8. The van der Waals surface area contributed by atoms with Crippen LogP contribution in [0.25, 0.3) is 0 Å². The second-order valence-electron chi connectivity index (χ2n) is 36.2. The monoisotopic (exact) mass is 1520 g/mol. The van der Waals surface area contributed by atoms with Crippen LogP contribution in [0, 0.1) is 82.9 Å². The molecule has 20 nitrogen and oxygen atoms in total. The van der Waals surface area contributed by atoms with Gasteiger partial charge in [0.2, 0.25) is 17.7 Å². The largest absolute Gasteiger partial charge is 0.342 e. The van der Waals surface area contributed by atoms with Crippen molar-refractivity contribution in [3.05, 3.63) is 0 Å². The summed E-state index contributed by atoms with van der Waals surface area (Å²) in [6, 6.07) is 0.661. The molecule has 5 unspecified atom stereocenters. The molecule has 3 amide bonds. The van der Waals surface area contributed by atoms with Gasteiger partial charge in [-0.05, 0) is 191 Å². The van der Waals surface area contributed by atoms with E-state index in [2.05, 4.69) is 62.5 Å². The van der Waals surface area contributed by atoms with Crippen LogP contribution < -0.4 is 0 Å². The highest BCUT2D eigenvalue weighted by Crippen LogP contribution is 2.25. The Balaban J connectivity index is 0.000000601. The maximum Gasteiger partial charge on any atom is 0.225 e. The third-order valence-corrected chi connectivity index (χ3v) is 22.7. The number of carbonyl (C=O) groups excluding carboxylic acids is 10. The SMILES string of the molecule is CC(C)C(=O)C1CCCCN1C.CC(C)C(=O)C1CCCN(C)C1.CC(C)C(=O)C1CCCN1C.CC(C)C(=O)C1CCN(C)C1.CC(C)C(=O)C1CCN(C)CC1.CC(C)C(=O)C1CCN1C.CC(C)C(=O)C1CN(C)C1.CC(C)C(=O)N1CCC1.CC(C)C(=O)N1CCCC1.CC(C)C(=O)N1CCCCC1. The van der Waals surface area contributed by atoms with E-state index >= 15 is 0 Å². The van der Waals surface area contributed by atoms with Crippen molar-refractivity contribution in [3.8, 4) is 0 Å². The molecule has 5 atom stereocenters. The lowest BCUT2D eigenvalue weighted by Crippen LogP contribution is -2.51. The lowest BCUT2D eigenvalue weighted by Gasteiger charge is -2.37. The van der Waals surface area contributed by atoms with Gasteiger partial charge in [-0.15, -0.1) is 0 Å². The fraction of sp³-hybridized carbons (Fsp3) is 0.886. The Hall–Kier alpha value is -4.18. The summed E-state index contributed by atoms with van der Waals surface area (Å²) in [7, 11) is 14.4. The fourth-order valence-corrected chi connectivity index (χ4v) is 15.0. The minimum absolute atomic E-state index is 0.174. The van der Waals surface area contributed by atoms with Gasteiger partial charge in [-0.2, -0.15) is 0 Å². The normalized spacial score (nSPS) is 23.2. The third-order valence-electron chi connectivity index (χ3n) is 22.7. The van der Waals surface area contributed by atoms with Gasteiger partial charge in [0.25, 0.3) is 0 Å². The number of nitrogens with zero attached hydrogens (tertiary/aromatic N) is 10. The summed E-state index contributed by atoms with van der Waals surface area (Å²) in [6.07, 6.45) is 19.6. The first-order valence-electron chi connectivity index (χ1n) is 42.9. The summed E-state index contributed by atoms with van der Waals surface area (Å²) in [5, 5.41) is 0. The molecule has 0 spiro atoms. The number of rotatable bonds is 17. The highest BCUT2D eigenvalue weighted by molar-refractivity contribution is 5.88. The van der Waals surface area contributed by atoms with Gasteiger partial charge in [-0.25, -0.2) is 0 Å². The van der Waals surface area contributed by atoms with Crippen molar-refractivity contribution in [1.82, 2.24) is 49.0 Å². The Labute approximate surface area is 661 Å². The number of hydrogen-bond donors (Lipinski definition) is 0. The van der Waals surface area contributed by atoms with Crippen LogP contribution in [0.5, 0.6) is 0 Å². The van der Waals surface area contributed by atoms with Crippen LogP contribution in [0.4, 0.5) is 0 Å². The van der Waals surface area contributed by atoms with Gasteiger partial charge >= 0.3 is 0 Å². The summed E-state index contributed by atoms with van der Waals surface area (Å²) in [5.41, 5.74) is 0. The molecule has 10 aliphatic heterocycles. The smallest absolute Gasteiger partial charge is 0.225 e. The van der Waals surface area contributed by atoms with Crippen molar-refractivity contribution in [2.75, 3.05) is 161 Å². The van der Waals surface area contributed by atoms with Crippen molar-refractivity contribution < 1.29 is 47.9 Å². The molecule has 10 heterocycles.